The third-order valence-corrected chi connectivity index (χ3v) is 3.89. The van der Waals surface area contributed by atoms with Crippen molar-refractivity contribution in [2.24, 2.45) is 0 Å². The van der Waals surface area contributed by atoms with Crippen LogP contribution in [0.5, 0.6) is 0 Å². The third-order valence-electron chi connectivity index (χ3n) is 3.48. The highest BCUT2D eigenvalue weighted by Gasteiger charge is 2.20. The normalized spacial score (nSPS) is 10.3. The molecule has 1 aromatic carbocycles. The fraction of sp³-hybridized carbons (Fsp3) is 0.500. The largest absolute Gasteiger partial charge is 0.344 e. The van der Waals surface area contributed by atoms with Gasteiger partial charge in [0.15, 0.2) is 0 Å². The molecule has 0 aliphatic carbocycles. The predicted octanol–water partition coefficient (Wildman–Crippen LogP) is 3.26. The van der Waals surface area contributed by atoms with E-state index in [4.69, 9.17) is 11.6 Å². The average molecular weight is 311 g/mol. The van der Waals surface area contributed by atoms with Gasteiger partial charge < -0.3 is 9.80 Å². The molecule has 0 saturated carbocycles. The highest BCUT2D eigenvalue weighted by molar-refractivity contribution is 6.31. The van der Waals surface area contributed by atoms with Gasteiger partial charge in [-0.25, -0.2) is 0 Å². The molecule has 4 nitrogen and oxygen atoms in total. The Morgan fingerprint density at radius 2 is 1.95 bits per heavy atom. The van der Waals surface area contributed by atoms with Crippen LogP contribution in [0.2, 0.25) is 5.02 Å². The van der Waals surface area contributed by atoms with Gasteiger partial charge >= 0.3 is 0 Å². The van der Waals surface area contributed by atoms with Gasteiger partial charge in [-0.3, -0.25) is 9.59 Å². The first-order valence-corrected chi connectivity index (χ1v) is 7.53. The monoisotopic (exact) mass is 310 g/mol. The van der Waals surface area contributed by atoms with E-state index in [-0.39, 0.29) is 18.4 Å². The van der Waals surface area contributed by atoms with Gasteiger partial charge in [-0.1, -0.05) is 31.0 Å². The molecule has 0 spiro atoms. The average Bonchev–Trinajstić information content (AvgIpc) is 2.44. The Morgan fingerprint density at radius 3 is 2.52 bits per heavy atom. The molecule has 116 valence electrons. The Hall–Kier alpha value is -1.55. The maximum Gasteiger partial charge on any atom is 0.242 e. The maximum atomic E-state index is 12.2. The molecular weight excluding hydrogens is 288 g/mol. The molecule has 0 unspecified atom stereocenters. The summed E-state index contributed by atoms with van der Waals surface area (Å²) in [5.41, 5.74) is 1.49. The van der Waals surface area contributed by atoms with Crippen molar-refractivity contribution in [1.82, 2.24) is 4.90 Å². The zero-order valence-electron chi connectivity index (χ0n) is 13.1. The topological polar surface area (TPSA) is 40.6 Å². The standard InChI is InChI=1S/C16H23ClN2O2/c1-5-6-10-18(4)16(21)11-19(13(3)20)15-9-7-8-14(17)12(15)2/h7-9H,5-6,10-11H2,1-4H3. The molecule has 1 rings (SSSR count). The molecule has 2 amide bonds. The van der Waals surface area contributed by atoms with E-state index in [0.29, 0.717) is 17.3 Å². The first-order chi connectivity index (χ1) is 9.88. The Balaban J connectivity index is 2.91. The van der Waals surface area contributed by atoms with Crippen LogP contribution in [0.25, 0.3) is 0 Å². The molecule has 0 heterocycles. The summed E-state index contributed by atoms with van der Waals surface area (Å²) in [6.07, 6.45) is 1.99. The minimum atomic E-state index is -0.169. The fourth-order valence-corrected chi connectivity index (χ4v) is 2.20. The van der Waals surface area contributed by atoms with Gasteiger partial charge in [-0.05, 0) is 31.0 Å². The molecule has 0 aliphatic rings. The van der Waals surface area contributed by atoms with Crippen LogP contribution < -0.4 is 4.90 Å². The molecular formula is C16H23ClN2O2. The summed E-state index contributed by atoms with van der Waals surface area (Å²) in [6, 6.07) is 5.36. The number of unbranched alkanes of at least 4 members (excludes halogenated alkanes) is 1. The van der Waals surface area contributed by atoms with Crippen molar-refractivity contribution in [2.45, 2.75) is 33.6 Å². The van der Waals surface area contributed by atoms with Gasteiger partial charge in [-0.15, -0.1) is 0 Å². The minimum Gasteiger partial charge on any atom is -0.344 e. The van der Waals surface area contributed by atoms with Crippen LogP contribution in [0.3, 0.4) is 0 Å². The molecule has 0 atom stereocenters. The van der Waals surface area contributed by atoms with E-state index in [0.717, 1.165) is 18.4 Å². The van der Waals surface area contributed by atoms with E-state index in [1.165, 1.54) is 11.8 Å². The van der Waals surface area contributed by atoms with Crippen molar-refractivity contribution >= 4 is 29.1 Å². The quantitative estimate of drug-likeness (QED) is 0.809. The summed E-state index contributed by atoms with van der Waals surface area (Å²) in [6.45, 7) is 6.13. The van der Waals surface area contributed by atoms with Gasteiger partial charge in [0.05, 0.1) is 0 Å². The highest BCUT2D eigenvalue weighted by Crippen LogP contribution is 2.26. The third kappa shape index (κ3) is 4.74. The summed E-state index contributed by atoms with van der Waals surface area (Å²) in [7, 11) is 1.77. The Labute approximate surface area is 131 Å². The number of hydrogen-bond donors (Lipinski definition) is 0. The van der Waals surface area contributed by atoms with Gasteiger partial charge in [0.2, 0.25) is 11.8 Å². The van der Waals surface area contributed by atoms with Crippen LogP contribution in [0.4, 0.5) is 5.69 Å². The maximum absolute atomic E-state index is 12.2. The zero-order chi connectivity index (χ0) is 16.0. The summed E-state index contributed by atoms with van der Waals surface area (Å²) in [5.74, 6) is -0.240. The van der Waals surface area contributed by atoms with E-state index in [2.05, 4.69) is 6.92 Å². The number of rotatable bonds is 6. The lowest BCUT2D eigenvalue weighted by molar-refractivity contribution is -0.130. The number of nitrogens with zero attached hydrogens (tertiary/aromatic N) is 2. The minimum absolute atomic E-state index is 0.0384. The molecule has 0 saturated heterocycles. The second-order valence-electron chi connectivity index (χ2n) is 5.16. The van der Waals surface area contributed by atoms with Gasteiger partial charge in [0, 0.05) is 31.2 Å². The fourth-order valence-electron chi connectivity index (χ4n) is 2.03. The van der Waals surface area contributed by atoms with Crippen molar-refractivity contribution in [3.05, 3.63) is 28.8 Å². The molecule has 0 N–H and O–H groups in total. The molecule has 0 aliphatic heterocycles. The van der Waals surface area contributed by atoms with Gasteiger partial charge in [0.25, 0.3) is 0 Å². The number of anilines is 1. The van der Waals surface area contributed by atoms with E-state index in [1.54, 1.807) is 24.1 Å². The van der Waals surface area contributed by atoms with E-state index in [9.17, 15) is 9.59 Å². The van der Waals surface area contributed by atoms with Crippen molar-refractivity contribution in [3.8, 4) is 0 Å². The van der Waals surface area contributed by atoms with Crippen LogP contribution in [-0.2, 0) is 9.59 Å². The van der Waals surface area contributed by atoms with Crippen LogP contribution in [0, 0.1) is 6.92 Å². The molecule has 21 heavy (non-hydrogen) atoms. The lowest BCUT2D eigenvalue weighted by Gasteiger charge is -2.26. The number of halogens is 1. The lowest BCUT2D eigenvalue weighted by Crippen LogP contribution is -2.41. The van der Waals surface area contributed by atoms with Crippen LogP contribution in [-0.4, -0.2) is 36.9 Å². The number of amides is 2. The number of likely N-dealkylation sites (N-methyl/N-ethyl adjacent to an activating group) is 1. The Morgan fingerprint density at radius 1 is 1.29 bits per heavy atom. The first kappa shape index (κ1) is 17.5. The molecule has 0 bridgehead atoms. The molecule has 1 aromatic rings. The summed E-state index contributed by atoms with van der Waals surface area (Å²) in [4.78, 5) is 27.3. The first-order valence-electron chi connectivity index (χ1n) is 7.15. The predicted molar refractivity (Wildman–Crippen MR) is 86.8 cm³/mol. The summed E-state index contributed by atoms with van der Waals surface area (Å²) >= 11 is 6.10. The van der Waals surface area contributed by atoms with Crippen LogP contribution in [0.1, 0.15) is 32.3 Å². The van der Waals surface area contributed by atoms with Crippen LogP contribution >= 0.6 is 11.6 Å². The second-order valence-corrected chi connectivity index (χ2v) is 5.57. The molecule has 5 heteroatoms. The number of carbonyl (C=O) groups excluding carboxylic acids is 2. The zero-order valence-corrected chi connectivity index (χ0v) is 13.9. The van der Waals surface area contributed by atoms with Crippen molar-refractivity contribution < 1.29 is 9.59 Å². The molecule has 0 radical (unpaired) electrons. The lowest BCUT2D eigenvalue weighted by atomic mass is 10.1. The summed E-state index contributed by atoms with van der Waals surface area (Å²) < 4.78 is 0. The van der Waals surface area contributed by atoms with E-state index < -0.39 is 0 Å². The number of carbonyl (C=O) groups is 2. The van der Waals surface area contributed by atoms with Gasteiger partial charge in [0.1, 0.15) is 6.54 Å². The van der Waals surface area contributed by atoms with Crippen molar-refractivity contribution in [3.63, 3.8) is 0 Å². The smallest absolute Gasteiger partial charge is 0.242 e. The molecule has 0 fully saturated rings. The molecule has 0 aromatic heterocycles. The second kappa shape index (κ2) is 8.03. The van der Waals surface area contributed by atoms with E-state index in [1.807, 2.05) is 13.0 Å². The highest BCUT2D eigenvalue weighted by atomic mass is 35.5. The van der Waals surface area contributed by atoms with Gasteiger partial charge in [-0.2, -0.15) is 0 Å². The van der Waals surface area contributed by atoms with E-state index >= 15 is 0 Å². The van der Waals surface area contributed by atoms with Crippen LogP contribution in [0.15, 0.2) is 18.2 Å². The van der Waals surface area contributed by atoms with Crippen molar-refractivity contribution in [2.75, 3.05) is 25.0 Å². The summed E-state index contributed by atoms with van der Waals surface area (Å²) in [5, 5.41) is 0.588. The number of benzene rings is 1. The Kier molecular flexibility index (Phi) is 6.69. The SMILES string of the molecule is CCCCN(C)C(=O)CN(C(C)=O)c1cccc(Cl)c1C. The van der Waals surface area contributed by atoms with Crippen molar-refractivity contribution in [1.29, 1.82) is 0 Å². The number of hydrogen-bond acceptors (Lipinski definition) is 2. The Bertz CT molecular complexity index is 517.